The van der Waals surface area contributed by atoms with Crippen LogP contribution in [0.3, 0.4) is 0 Å². The molecule has 0 bridgehead atoms. The van der Waals surface area contributed by atoms with Gasteiger partial charge < -0.3 is 14.6 Å². The van der Waals surface area contributed by atoms with E-state index < -0.39 is 5.97 Å². The molecule has 0 aliphatic carbocycles. The summed E-state index contributed by atoms with van der Waals surface area (Å²) in [4.78, 5) is 12.3. The second-order valence-corrected chi connectivity index (χ2v) is 5.52. The van der Waals surface area contributed by atoms with Gasteiger partial charge in [-0.2, -0.15) is 0 Å². The zero-order valence-corrected chi connectivity index (χ0v) is 11.9. The molecule has 4 nitrogen and oxygen atoms in total. The highest BCUT2D eigenvalue weighted by atomic mass is 32.1. The van der Waals surface area contributed by atoms with Gasteiger partial charge in [-0.1, -0.05) is 20.8 Å². The van der Waals surface area contributed by atoms with Gasteiger partial charge in [0.1, 0.15) is 12.4 Å². The van der Waals surface area contributed by atoms with E-state index in [1.165, 1.54) is 11.3 Å². The van der Waals surface area contributed by atoms with Gasteiger partial charge in [0.05, 0.1) is 6.61 Å². The molecule has 0 amide bonds. The molecule has 0 atom stereocenters. The molecule has 1 aromatic rings. The Labute approximate surface area is 112 Å². The van der Waals surface area contributed by atoms with Gasteiger partial charge in [-0.05, 0) is 18.4 Å². The molecule has 102 valence electrons. The minimum absolute atomic E-state index is 0.274. The average molecular weight is 272 g/mol. The van der Waals surface area contributed by atoms with Gasteiger partial charge in [0.25, 0.3) is 0 Å². The van der Waals surface area contributed by atoms with Crippen molar-refractivity contribution in [2.24, 2.45) is 5.92 Å². The number of thiophene rings is 1. The summed E-state index contributed by atoms with van der Waals surface area (Å²) in [7, 11) is 0. The molecule has 0 unspecified atom stereocenters. The molecule has 18 heavy (non-hydrogen) atoms. The highest BCUT2D eigenvalue weighted by Gasteiger charge is 2.15. The summed E-state index contributed by atoms with van der Waals surface area (Å²) < 4.78 is 10.8. The summed E-state index contributed by atoms with van der Waals surface area (Å²) in [6.07, 6.45) is 0.818. The van der Waals surface area contributed by atoms with Crippen molar-refractivity contribution in [1.82, 2.24) is 0 Å². The predicted octanol–water partition coefficient (Wildman–Crippen LogP) is 3.06. The number of rotatable bonds is 8. The number of aryl methyl sites for hydroxylation is 1. The smallest absolute Gasteiger partial charge is 0.349 e. The molecule has 1 aromatic heterocycles. The number of aromatic carboxylic acids is 1. The number of carboxylic acids is 1. The maximum atomic E-state index is 11.0. The minimum Gasteiger partial charge on any atom is -0.489 e. The number of hydrogen-bond donors (Lipinski definition) is 1. The van der Waals surface area contributed by atoms with Gasteiger partial charge in [0.15, 0.2) is 4.88 Å². The third-order valence-corrected chi connectivity index (χ3v) is 3.48. The van der Waals surface area contributed by atoms with Crippen LogP contribution in [0.1, 0.15) is 35.3 Å². The van der Waals surface area contributed by atoms with Crippen LogP contribution >= 0.6 is 11.3 Å². The van der Waals surface area contributed by atoms with Crippen LogP contribution in [0.15, 0.2) is 6.07 Å². The first kappa shape index (κ1) is 15.0. The third kappa shape index (κ3) is 4.66. The van der Waals surface area contributed by atoms with Crippen LogP contribution in [0.4, 0.5) is 0 Å². The first-order chi connectivity index (χ1) is 8.54. The van der Waals surface area contributed by atoms with E-state index in [1.807, 2.05) is 6.92 Å². The SMILES string of the molecule is CCc1cc(OCCOCC(C)C)c(C(=O)O)s1. The number of ether oxygens (including phenoxy) is 2. The van der Waals surface area contributed by atoms with Crippen molar-refractivity contribution in [2.75, 3.05) is 19.8 Å². The quantitative estimate of drug-likeness (QED) is 0.739. The third-order valence-electron chi connectivity index (χ3n) is 2.23. The van der Waals surface area contributed by atoms with Crippen molar-refractivity contribution < 1.29 is 19.4 Å². The normalized spacial score (nSPS) is 10.9. The zero-order valence-electron chi connectivity index (χ0n) is 11.1. The van der Waals surface area contributed by atoms with Gasteiger partial charge >= 0.3 is 5.97 Å². The van der Waals surface area contributed by atoms with E-state index in [9.17, 15) is 4.79 Å². The molecule has 0 saturated carbocycles. The van der Waals surface area contributed by atoms with E-state index in [0.29, 0.717) is 31.5 Å². The molecule has 1 heterocycles. The van der Waals surface area contributed by atoms with Gasteiger partial charge in [-0.25, -0.2) is 4.79 Å². The summed E-state index contributed by atoms with van der Waals surface area (Å²) in [5, 5.41) is 9.05. The molecule has 0 aliphatic rings. The van der Waals surface area contributed by atoms with E-state index in [4.69, 9.17) is 14.6 Å². The van der Waals surface area contributed by atoms with Crippen LogP contribution < -0.4 is 4.74 Å². The van der Waals surface area contributed by atoms with Crippen LogP contribution in [0.25, 0.3) is 0 Å². The van der Waals surface area contributed by atoms with Gasteiger partial charge in [0, 0.05) is 11.5 Å². The van der Waals surface area contributed by atoms with E-state index >= 15 is 0 Å². The highest BCUT2D eigenvalue weighted by Crippen LogP contribution is 2.29. The minimum atomic E-state index is -0.933. The van der Waals surface area contributed by atoms with Gasteiger partial charge in [0.2, 0.25) is 0 Å². The van der Waals surface area contributed by atoms with Crippen LogP contribution in [-0.2, 0) is 11.2 Å². The lowest BCUT2D eigenvalue weighted by atomic mass is 10.2. The van der Waals surface area contributed by atoms with Crippen molar-refractivity contribution in [2.45, 2.75) is 27.2 Å². The van der Waals surface area contributed by atoms with Crippen molar-refractivity contribution in [1.29, 1.82) is 0 Å². The fraction of sp³-hybridized carbons (Fsp3) is 0.615. The Morgan fingerprint density at radius 1 is 1.44 bits per heavy atom. The first-order valence-electron chi connectivity index (χ1n) is 6.11. The Kier molecular flexibility index (Phi) is 6.15. The number of carboxylic acid groups (broad SMARTS) is 1. The summed E-state index contributed by atoms with van der Waals surface area (Å²) in [5.41, 5.74) is 0. The Hall–Kier alpha value is -1.07. The van der Waals surface area contributed by atoms with Crippen LogP contribution in [-0.4, -0.2) is 30.9 Å². The maximum Gasteiger partial charge on any atom is 0.349 e. The molecule has 0 aliphatic heterocycles. The van der Waals surface area contributed by atoms with Crippen molar-refractivity contribution >= 4 is 17.3 Å². The number of hydrogen-bond acceptors (Lipinski definition) is 4. The Balaban J connectivity index is 2.45. The molecular weight excluding hydrogens is 252 g/mol. The molecule has 0 radical (unpaired) electrons. The molecule has 0 aromatic carbocycles. The second kappa shape index (κ2) is 7.38. The maximum absolute atomic E-state index is 11.0. The molecule has 0 saturated heterocycles. The lowest BCUT2D eigenvalue weighted by molar-refractivity contribution is 0.0684. The van der Waals surface area contributed by atoms with Crippen molar-refractivity contribution in [3.8, 4) is 5.75 Å². The van der Waals surface area contributed by atoms with Crippen LogP contribution in [0, 0.1) is 5.92 Å². The molecule has 0 spiro atoms. The lowest BCUT2D eigenvalue weighted by Crippen LogP contribution is -2.11. The molecule has 0 fully saturated rings. The van der Waals surface area contributed by atoms with E-state index in [0.717, 1.165) is 11.3 Å². The summed E-state index contributed by atoms with van der Waals surface area (Å²) in [5.74, 6) is 0.0164. The lowest BCUT2D eigenvalue weighted by Gasteiger charge is -2.08. The molecule has 5 heteroatoms. The fourth-order valence-electron chi connectivity index (χ4n) is 1.38. The zero-order chi connectivity index (χ0) is 13.5. The fourth-order valence-corrected chi connectivity index (χ4v) is 2.26. The van der Waals surface area contributed by atoms with Gasteiger partial charge in [-0.15, -0.1) is 11.3 Å². The first-order valence-corrected chi connectivity index (χ1v) is 6.92. The predicted molar refractivity (Wildman–Crippen MR) is 71.8 cm³/mol. The second-order valence-electron chi connectivity index (χ2n) is 4.38. The Bertz CT molecular complexity index is 384. The summed E-state index contributed by atoms with van der Waals surface area (Å²) in [6.45, 7) is 7.71. The Morgan fingerprint density at radius 3 is 2.72 bits per heavy atom. The highest BCUT2D eigenvalue weighted by molar-refractivity contribution is 7.14. The van der Waals surface area contributed by atoms with E-state index in [2.05, 4.69) is 13.8 Å². The van der Waals surface area contributed by atoms with Crippen LogP contribution in [0.2, 0.25) is 0 Å². The van der Waals surface area contributed by atoms with Crippen LogP contribution in [0.5, 0.6) is 5.75 Å². The molecule has 1 N–H and O–H groups in total. The average Bonchev–Trinajstić information content (AvgIpc) is 2.71. The van der Waals surface area contributed by atoms with Crippen molar-refractivity contribution in [3.63, 3.8) is 0 Å². The molecule has 1 rings (SSSR count). The van der Waals surface area contributed by atoms with Crippen molar-refractivity contribution in [3.05, 3.63) is 15.8 Å². The monoisotopic (exact) mass is 272 g/mol. The van der Waals surface area contributed by atoms with E-state index in [-0.39, 0.29) is 4.88 Å². The summed E-state index contributed by atoms with van der Waals surface area (Å²) in [6, 6.07) is 1.80. The summed E-state index contributed by atoms with van der Waals surface area (Å²) >= 11 is 1.27. The standard InChI is InChI=1S/C13H20O4S/c1-4-10-7-11(12(18-10)13(14)15)17-6-5-16-8-9(2)3/h7,9H,4-6,8H2,1-3H3,(H,14,15). The Morgan fingerprint density at radius 2 is 2.17 bits per heavy atom. The number of carbonyl (C=O) groups is 1. The van der Waals surface area contributed by atoms with Gasteiger partial charge in [-0.3, -0.25) is 0 Å². The van der Waals surface area contributed by atoms with E-state index in [1.54, 1.807) is 6.07 Å². The molecular formula is C13H20O4S. The largest absolute Gasteiger partial charge is 0.489 e. The topological polar surface area (TPSA) is 55.8 Å².